The number of amides is 1. The summed E-state index contributed by atoms with van der Waals surface area (Å²) in [4.78, 5) is 22.2. The minimum Gasteiger partial charge on any atom is -0.480 e. The topological polar surface area (TPSA) is 84.2 Å². The second-order valence-corrected chi connectivity index (χ2v) is 4.20. The highest BCUT2D eigenvalue weighted by Gasteiger charge is 2.27. The number of carboxylic acids is 1. The summed E-state index contributed by atoms with van der Waals surface area (Å²) in [6, 6.07) is 0. The van der Waals surface area contributed by atoms with Crippen LogP contribution in [0.3, 0.4) is 0 Å². The standard InChI is InChI=1S/C11H15N3O3/c1-11(2,10(16)17)13-9(15)5-4-8-6-12-14(3)7-8/h4-7H,1-3H3,(H,13,15)(H,16,17). The van der Waals surface area contributed by atoms with Crippen LogP contribution in [-0.2, 0) is 16.6 Å². The molecule has 0 aliphatic heterocycles. The summed E-state index contributed by atoms with van der Waals surface area (Å²) in [7, 11) is 1.77. The number of aryl methyl sites for hydroxylation is 1. The normalized spacial score (nSPS) is 11.7. The number of rotatable bonds is 4. The Labute approximate surface area is 98.9 Å². The first-order valence-electron chi connectivity index (χ1n) is 5.03. The summed E-state index contributed by atoms with van der Waals surface area (Å²) in [5.74, 6) is -1.54. The van der Waals surface area contributed by atoms with Crippen LogP contribution in [0.2, 0.25) is 0 Å². The molecule has 0 bridgehead atoms. The van der Waals surface area contributed by atoms with Crippen molar-refractivity contribution in [1.82, 2.24) is 15.1 Å². The van der Waals surface area contributed by atoms with Gasteiger partial charge < -0.3 is 10.4 Å². The third kappa shape index (κ3) is 3.75. The summed E-state index contributed by atoms with van der Waals surface area (Å²) in [6.45, 7) is 2.84. The van der Waals surface area contributed by atoms with Crippen molar-refractivity contribution in [1.29, 1.82) is 0 Å². The predicted octanol–water partition coefficient (Wildman–Crippen LogP) is 0.413. The Balaban J connectivity index is 2.61. The molecule has 0 spiro atoms. The fourth-order valence-corrected chi connectivity index (χ4v) is 1.10. The van der Waals surface area contributed by atoms with Crippen molar-refractivity contribution in [2.24, 2.45) is 7.05 Å². The number of aliphatic carboxylic acids is 1. The number of hydrogen-bond donors (Lipinski definition) is 2. The molecule has 0 radical (unpaired) electrons. The number of nitrogens with one attached hydrogen (secondary N) is 1. The van der Waals surface area contributed by atoms with E-state index in [0.29, 0.717) is 0 Å². The first-order valence-corrected chi connectivity index (χ1v) is 5.03. The Morgan fingerprint density at radius 2 is 2.18 bits per heavy atom. The summed E-state index contributed by atoms with van der Waals surface area (Å²) in [6.07, 6.45) is 6.19. The zero-order valence-electron chi connectivity index (χ0n) is 9.97. The molecule has 0 fully saturated rings. The molecule has 17 heavy (non-hydrogen) atoms. The van der Waals surface area contributed by atoms with Crippen LogP contribution in [0.25, 0.3) is 6.08 Å². The Hall–Kier alpha value is -2.11. The fraction of sp³-hybridized carbons (Fsp3) is 0.364. The van der Waals surface area contributed by atoms with E-state index in [1.165, 1.54) is 19.9 Å². The number of carbonyl (C=O) groups excluding carboxylic acids is 1. The minimum absolute atomic E-state index is 0.457. The summed E-state index contributed by atoms with van der Waals surface area (Å²) >= 11 is 0. The fourth-order valence-electron chi connectivity index (χ4n) is 1.10. The van der Waals surface area contributed by atoms with Gasteiger partial charge in [0.05, 0.1) is 6.20 Å². The van der Waals surface area contributed by atoms with Crippen molar-refractivity contribution in [3.8, 4) is 0 Å². The van der Waals surface area contributed by atoms with Gasteiger partial charge in [-0.15, -0.1) is 0 Å². The van der Waals surface area contributed by atoms with E-state index in [0.717, 1.165) is 5.56 Å². The van der Waals surface area contributed by atoms with Crippen LogP contribution in [0.5, 0.6) is 0 Å². The first kappa shape index (κ1) is 13.0. The van der Waals surface area contributed by atoms with Crippen LogP contribution in [0.4, 0.5) is 0 Å². The van der Waals surface area contributed by atoms with E-state index >= 15 is 0 Å². The number of hydrogen-bond acceptors (Lipinski definition) is 3. The van der Waals surface area contributed by atoms with Gasteiger partial charge >= 0.3 is 5.97 Å². The number of carbonyl (C=O) groups is 2. The highest BCUT2D eigenvalue weighted by Crippen LogP contribution is 2.03. The smallest absolute Gasteiger partial charge is 0.328 e. The SMILES string of the molecule is Cn1cc(C=CC(=O)NC(C)(C)C(=O)O)cn1. The van der Waals surface area contributed by atoms with E-state index in [1.54, 1.807) is 30.2 Å². The predicted molar refractivity (Wildman–Crippen MR) is 62.1 cm³/mol. The maximum absolute atomic E-state index is 11.5. The Kier molecular flexibility index (Phi) is 3.67. The molecule has 1 aromatic heterocycles. The number of carboxylic acid groups (broad SMARTS) is 1. The zero-order chi connectivity index (χ0) is 13.1. The molecular weight excluding hydrogens is 222 g/mol. The van der Waals surface area contributed by atoms with E-state index in [4.69, 9.17) is 5.11 Å². The Morgan fingerprint density at radius 3 is 2.65 bits per heavy atom. The van der Waals surface area contributed by atoms with E-state index in [-0.39, 0.29) is 0 Å². The van der Waals surface area contributed by atoms with Crippen LogP contribution in [0, 0.1) is 0 Å². The van der Waals surface area contributed by atoms with Gasteiger partial charge in [0, 0.05) is 24.9 Å². The van der Waals surface area contributed by atoms with Crippen molar-refractivity contribution >= 4 is 18.0 Å². The van der Waals surface area contributed by atoms with Gasteiger partial charge in [-0.3, -0.25) is 9.48 Å². The summed E-state index contributed by atoms with van der Waals surface area (Å²) in [5, 5.41) is 15.1. The maximum Gasteiger partial charge on any atom is 0.328 e. The van der Waals surface area contributed by atoms with E-state index in [9.17, 15) is 9.59 Å². The van der Waals surface area contributed by atoms with E-state index in [2.05, 4.69) is 10.4 Å². The number of aromatic nitrogens is 2. The quantitative estimate of drug-likeness (QED) is 0.743. The molecule has 6 nitrogen and oxygen atoms in total. The van der Waals surface area contributed by atoms with Crippen molar-refractivity contribution in [3.05, 3.63) is 24.0 Å². The molecule has 0 saturated carbocycles. The monoisotopic (exact) mass is 237 g/mol. The van der Waals surface area contributed by atoms with Gasteiger partial charge in [0.25, 0.3) is 0 Å². The molecule has 0 atom stereocenters. The lowest BCUT2D eigenvalue weighted by molar-refractivity contribution is -0.145. The van der Waals surface area contributed by atoms with Crippen LogP contribution in [0.1, 0.15) is 19.4 Å². The minimum atomic E-state index is -1.28. The molecule has 92 valence electrons. The lowest BCUT2D eigenvalue weighted by atomic mass is 10.1. The maximum atomic E-state index is 11.5. The van der Waals surface area contributed by atoms with Crippen LogP contribution in [0.15, 0.2) is 18.5 Å². The van der Waals surface area contributed by atoms with Crippen LogP contribution < -0.4 is 5.32 Å². The van der Waals surface area contributed by atoms with Gasteiger partial charge in [-0.2, -0.15) is 5.10 Å². The highest BCUT2D eigenvalue weighted by atomic mass is 16.4. The third-order valence-electron chi connectivity index (χ3n) is 2.12. The summed E-state index contributed by atoms with van der Waals surface area (Å²) in [5.41, 5.74) is -0.508. The van der Waals surface area contributed by atoms with Crippen LogP contribution in [-0.4, -0.2) is 32.3 Å². The second kappa shape index (κ2) is 4.82. The molecule has 0 saturated heterocycles. The van der Waals surface area contributed by atoms with Gasteiger partial charge in [-0.05, 0) is 19.9 Å². The molecular formula is C11H15N3O3. The van der Waals surface area contributed by atoms with Crippen molar-refractivity contribution in [3.63, 3.8) is 0 Å². The third-order valence-corrected chi connectivity index (χ3v) is 2.12. The van der Waals surface area contributed by atoms with Crippen molar-refractivity contribution < 1.29 is 14.7 Å². The molecule has 0 unspecified atom stereocenters. The summed E-state index contributed by atoms with van der Waals surface area (Å²) < 4.78 is 1.61. The van der Waals surface area contributed by atoms with Crippen molar-refractivity contribution in [2.75, 3.05) is 0 Å². The Morgan fingerprint density at radius 1 is 1.53 bits per heavy atom. The average Bonchev–Trinajstić information content (AvgIpc) is 2.60. The van der Waals surface area contributed by atoms with E-state index < -0.39 is 17.4 Å². The van der Waals surface area contributed by atoms with Gasteiger partial charge in [0.15, 0.2) is 0 Å². The highest BCUT2D eigenvalue weighted by molar-refractivity contribution is 5.95. The lowest BCUT2D eigenvalue weighted by Crippen LogP contribution is -2.49. The Bertz CT molecular complexity index is 460. The zero-order valence-corrected chi connectivity index (χ0v) is 9.97. The molecule has 0 aromatic carbocycles. The van der Waals surface area contributed by atoms with Gasteiger partial charge in [-0.1, -0.05) is 0 Å². The molecule has 2 N–H and O–H groups in total. The molecule has 0 aliphatic rings. The van der Waals surface area contributed by atoms with Crippen molar-refractivity contribution in [2.45, 2.75) is 19.4 Å². The largest absolute Gasteiger partial charge is 0.480 e. The van der Waals surface area contributed by atoms with Crippen LogP contribution >= 0.6 is 0 Å². The van der Waals surface area contributed by atoms with Gasteiger partial charge in [0.1, 0.15) is 5.54 Å². The molecule has 0 aliphatic carbocycles. The molecule has 1 rings (SSSR count). The number of nitrogens with zero attached hydrogens (tertiary/aromatic N) is 2. The molecule has 1 heterocycles. The van der Waals surface area contributed by atoms with E-state index in [1.807, 2.05) is 0 Å². The lowest BCUT2D eigenvalue weighted by Gasteiger charge is -2.19. The molecule has 1 aromatic rings. The molecule has 1 amide bonds. The molecule has 6 heteroatoms. The first-order chi connectivity index (χ1) is 7.81. The van der Waals surface area contributed by atoms with Gasteiger partial charge in [0.2, 0.25) is 5.91 Å². The van der Waals surface area contributed by atoms with Gasteiger partial charge in [-0.25, -0.2) is 4.79 Å². The average molecular weight is 237 g/mol. The second-order valence-electron chi connectivity index (χ2n) is 4.20.